The van der Waals surface area contributed by atoms with Gasteiger partial charge in [-0.05, 0) is 52.3 Å². The first-order valence-electron chi connectivity index (χ1n) is 10.6. The Hall–Kier alpha value is -1.43. The summed E-state index contributed by atoms with van der Waals surface area (Å²) < 4.78 is 0. The molecule has 2 aliphatic rings. The summed E-state index contributed by atoms with van der Waals surface area (Å²) in [6, 6.07) is 11.6. The number of carbonyl (C=O) groups is 1. The molecule has 5 heteroatoms. The molecule has 2 saturated heterocycles. The lowest BCUT2D eigenvalue weighted by atomic mass is 10.0. The van der Waals surface area contributed by atoms with E-state index in [1.165, 1.54) is 25.9 Å². The van der Waals surface area contributed by atoms with E-state index < -0.39 is 0 Å². The molecule has 0 aliphatic carbocycles. The van der Waals surface area contributed by atoms with Crippen LogP contribution in [-0.4, -0.2) is 78.5 Å². The van der Waals surface area contributed by atoms with Crippen LogP contribution in [0.5, 0.6) is 0 Å². The van der Waals surface area contributed by atoms with Gasteiger partial charge in [-0.25, -0.2) is 0 Å². The van der Waals surface area contributed by atoms with Crippen molar-refractivity contribution in [3.8, 4) is 0 Å². The molecule has 0 spiro atoms. The number of rotatable bonds is 6. The third kappa shape index (κ3) is 5.77. The van der Waals surface area contributed by atoms with Crippen molar-refractivity contribution >= 4 is 5.91 Å². The summed E-state index contributed by atoms with van der Waals surface area (Å²) in [5.74, 6) is 0.130. The lowest BCUT2D eigenvalue weighted by Gasteiger charge is -2.43. The maximum absolute atomic E-state index is 12.4. The van der Waals surface area contributed by atoms with Crippen molar-refractivity contribution in [1.29, 1.82) is 0 Å². The minimum Gasteiger partial charge on any atom is -0.348 e. The molecule has 1 atom stereocenters. The lowest BCUT2D eigenvalue weighted by Crippen LogP contribution is -2.55. The van der Waals surface area contributed by atoms with Gasteiger partial charge in [0.05, 0.1) is 12.6 Å². The fourth-order valence-electron chi connectivity index (χ4n) is 4.37. The number of hydrogen-bond acceptors (Lipinski definition) is 4. The zero-order valence-electron chi connectivity index (χ0n) is 17.2. The number of hydrogen-bond donors (Lipinski definition) is 1. The molecule has 1 amide bonds. The van der Waals surface area contributed by atoms with Crippen LogP contribution in [0.4, 0.5) is 0 Å². The molecule has 0 saturated carbocycles. The first-order valence-corrected chi connectivity index (χ1v) is 10.6. The Morgan fingerprint density at radius 1 is 1.00 bits per heavy atom. The van der Waals surface area contributed by atoms with Crippen molar-refractivity contribution < 1.29 is 4.79 Å². The highest BCUT2D eigenvalue weighted by Crippen LogP contribution is 2.19. The van der Waals surface area contributed by atoms with Crippen LogP contribution in [0.2, 0.25) is 0 Å². The van der Waals surface area contributed by atoms with E-state index in [0.29, 0.717) is 12.6 Å². The fraction of sp³-hybridized carbons (Fsp3) is 0.682. The largest absolute Gasteiger partial charge is 0.348 e. The zero-order chi connectivity index (χ0) is 19.2. The smallest absolute Gasteiger partial charge is 0.234 e. The van der Waals surface area contributed by atoms with Gasteiger partial charge in [-0.2, -0.15) is 0 Å². The summed E-state index contributed by atoms with van der Waals surface area (Å²) in [5.41, 5.74) is 1.16. The topological polar surface area (TPSA) is 38.8 Å². The van der Waals surface area contributed by atoms with Gasteiger partial charge in [-0.1, -0.05) is 30.3 Å². The van der Waals surface area contributed by atoms with Gasteiger partial charge >= 0.3 is 0 Å². The van der Waals surface area contributed by atoms with E-state index in [1.807, 2.05) is 18.2 Å². The summed E-state index contributed by atoms with van der Waals surface area (Å²) in [5, 5.41) is 3.13. The van der Waals surface area contributed by atoms with E-state index in [1.54, 1.807) is 0 Å². The molecule has 1 N–H and O–H groups in total. The van der Waals surface area contributed by atoms with Gasteiger partial charge in [-0.15, -0.1) is 0 Å². The van der Waals surface area contributed by atoms with Crippen molar-refractivity contribution in [2.75, 3.05) is 45.8 Å². The van der Waals surface area contributed by atoms with Crippen LogP contribution in [-0.2, 0) is 4.79 Å². The third-order valence-corrected chi connectivity index (χ3v) is 6.20. The van der Waals surface area contributed by atoms with E-state index in [2.05, 4.69) is 52.9 Å². The highest BCUT2D eigenvalue weighted by atomic mass is 16.2. The third-order valence-electron chi connectivity index (χ3n) is 6.20. The number of likely N-dealkylation sites (tertiary alicyclic amines) is 1. The van der Waals surface area contributed by atoms with Gasteiger partial charge in [0.25, 0.3) is 0 Å². The molecule has 0 unspecified atom stereocenters. The maximum Gasteiger partial charge on any atom is 0.234 e. The Morgan fingerprint density at radius 3 is 2.22 bits per heavy atom. The number of piperazine rings is 1. The minimum atomic E-state index is 0.0612. The predicted molar refractivity (Wildman–Crippen MR) is 111 cm³/mol. The second kappa shape index (κ2) is 9.67. The van der Waals surface area contributed by atoms with Crippen molar-refractivity contribution in [1.82, 2.24) is 20.0 Å². The fourth-order valence-corrected chi connectivity index (χ4v) is 4.37. The predicted octanol–water partition coefficient (Wildman–Crippen LogP) is 2.35. The van der Waals surface area contributed by atoms with E-state index in [4.69, 9.17) is 0 Å². The minimum absolute atomic E-state index is 0.0612. The lowest BCUT2D eigenvalue weighted by molar-refractivity contribution is -0.123. The van der Waals surface area contributed by atoms with Crippen molar-refractivity contribution in [2.24, 2.45) is 0 Å². The molecule has 3 rings (SSSR count). The number of piperidine rings is 1. The van der Waals surface area contributed by atoms with Gasteiger partial charge in [0.2, 0.25) is 5.91 Å². The van der Waals surface area contributed by atoms with E-state index in [0.717, 1.165) is 37.8 Å². The maximum atomic E-state index is 12.4. The Kier molecular flexibility index (Phi) is 7.27. The van der Waals surface area contributed by atoms with Crippen LogP contribution in [0.3, 0.4) is 0 Å². The summed E-state index contributed by atoms with van der Waals surface area (Å²) in [7, 11) is 0. The second-order valence-corrected chi connectivity index (χ2v) is 8.37. The summed E-state index contributed by atoms with van der Waals surface area (Å²) >= 11 is 0. The molecule has 0 radical (unpaired) electrons. The molecule has 0 aromatic heterocycles. The van der Waals surface area contributed by atoms with E-state index in [9.17, 15) is 4.79 Å². The number of carbonyl (C=O) groups excluding carboxylic acids is 1. The number of nitrogens with one attached hydrogen (secondary N) is 1. The van der Waals surface area contributed by atoms with Gasteiger partial charge in [-0.3, -0.25) is 14.6 Å². The Balaban J connectivity index is 1.37. The van der Waals surface area contributed by atoms with Gasteiger partial charge in [0.15, 0.2) is 0 Å². The monoisotopic (exact) mass is 372 g/mol. The van der Waals surface area contributed by atoms with Crippen molar-refractivity contribution in [3.63, 3.8) is 0 Å². The van der Waals surface area contributed by atoms with Crippen LogP contribution < -0.4 is 5.32 Å². The quantitative estimate of drug-likeness (QED) is 0.832. The van der Waals surface area contributed by atoms with Crippen LogP contribution in [0, 0.1) is 0 Å². The first-order chi connectivity index (χ1) is 13.0. The van der Waals surface area contributed by atoms with E-state index in [-0.39, 0.29) is 11.9 Å². The Labute approximate surface area is 164 Å². The zero-order valence-corrected chi connectivity index (χ0v) is 17.2. The number of benzene rings is 1. The van der Waals surface area contributed by atoms with Gasteiger partial charge in [0, 0.05) is 38.3 Å². The van der Waals surface area contributed by atoms with Crippen molar-refractivity contribution in [3.05, 3.63) is 35.9 Å². The molecule has 150 valence electrons. The normalized spacial score (nSPS) is 22.1. The molecule has 2 aliphatic heterocycles. The number of nitrogens with zero attached hydrogens (tertiary/aromatic N) is 3. The Bertz CT molecular complexity index is 575. The molecule has 1 aromatic rings. The standard InChI is InChI=1S/C22H36N4O/c1-18(2)25-11-9-21(10-12-25)26-15-13-24(14-16-26)17-22(27)23-19(3)20-7-5-4-6-8-20/h4-8,18-19,21H,9-17H2,1-3H3,(H,23,27)/t19-/m0/s1. The molecule has 0 bridgehead atoms. The second-order valence-electron chi connectivity index (χ2n) is 8.37. The van der Waals surface area contributed by atoms with E-state index >= 15 is 0 Å². The van der Waals surface area contributed by atoms with Crippen LogP contribution in [0.15, 0.2) is 30.3 Å². The SMILES string of the molecule is CC(C)N1CCC(N2CCN(CC(=O)N[C@@H](C)c3ccccc3)CC2)CC1. The van der Waals surface area contributed by atoms with Gasteiger partial charge in [0.1, 0.15) is 0 Å². The average molecular weight is 373 g/mol. The molecular formula is C22H36N4O. The molecule has 2 heterocycles. The molecule has 2 fully saturated rings. The highest BCUT2D eigenvalue weighted by Gasteiger charge is 2.28. The van der Waals surface area contributed by atoms with Crippen LogP contribution in [0.25, 0.3) is 0 Å². The highest BCUT2D eigenvalue weighted by molar-refractivity contribution is 5.78. The average Bonchev–Trinajstić information content (AvgIpc) is 2.69. The van der Waals surface area contributed by atoms with Crippen LogP contribution >= 0.6 is 0 Å². The first kappa shape index (κ1) is 20.3. The summed E-state index contributed by atoms with van der Waals surface area (Å²) in [4.78, 5) is 19.9. The molecule has 5 nitrogen and oxygen atoms in total. The molecule has 27 heavy (non-hydrogen) atoms. The Morgan fingerprint density at radius 2 is 1.63 bits per heavy atom. The van der Waals surface area contributed by atoms with Gasteiger partial charge < -0.3 is 10.2 Å². The van der Waals surface area contributed by atoms with Crippen molar-refractivity contribution in [2.45, 2.75) is 51.7 Å². The molecule has 1 aromatic carbocycles. The number of amides is 1. The summed E-state index contributed by atoms with van der Waals surface area (Å²) in [6.45, 7) is 13.8. The summed E-state index contributed by atoms with van der Waals surface area (Å²) in [6.07, 6.45) is 2.57. The van der Waals surface area contributed by atoms with Crippen LogP contribution in [0.1, 0.15) is 45.2 Å². The molecular weight excluding hydrogens is 336 g/mol.